The van der Waals surface area contributed by atoms with Gasteiger partial charge in [0.25, 0.3) is 0 Å². The van der Waals surface area contributed by atoms with E-state index in [4.69, 9.17) is 9.47 Å². The molecule has 0 bridgehead atoms. The van der Waals surface area contributed by atoms with Crippen LogP contribution in [0.15, 0.2) is 11.6 Å². The lowest BCUT2D eigenvalue weighted by molar-refractivity contribution is 0.00491. The first-order valence-electron chi connectivity index (χ1n) is 8.52. The highest BCUT2D eigenvalue weighted by molar-refractivity contribution is 7.09. The van der Waals surface area contributed by atoms with Crippen LogP contribution in [-0.2, 0) is 9.47 Å². The van der Waals surface area contributed by atoms with Gasteiger partial charge in [-0.05, 0) is 47.5 Å². The Labute approximate surface area is 152 Å². The molecular weight excluding hydrogens is 342 g/mol. The Morgan fingerprint density at radius 2 is 2.08 bits per heavy atom. The summed E-state index contributed by atoms with van der Waals surface area (Å²) in [6.07, 6.45) is 2.15. The van der Waals surface area contributed by atoms with Gasteiger partial charge < -0.3 is 14.8 Å². The van der Waals surface area contributed by atoms with Crippen molar-refractivity contribution in [2.24, 2.45) is 0 Å². The molecule has 1 aliphatic heterocycles. The zero-order valence-corrected chi connectivity index (χ0v) is 16.3. The largest absolute Gasteiger partial charge is 0.447 e. The van der Waals surface area contributed by atoms with Crippen LogP contribution in [0, 0.1) is 0 Å². The number of ether oxygens (including phenoxy) is 2. The second kappa shape index (κ2) is 8.03. The number of piperidine rings is 1. The fourth-order valence-electron chi connectivity index (χ4n) is 2.68. The highest BCUT2D eigenvalue weighted by Gasteiger charge is 2.37. The number of rotatable bonds is 3. The summed E-state index contributed by atoms with van der Waals surface area (Å²) in [5.41, 5.74) is -0.582. The zero-order chi connectivity index (χ0) is 18.6. The summed E-state index contributed by atoms with van der Waals surface area (Å²) >= 11 is 1.52. The molecular formula is C17H27N3O4S. The van der Waals surface area contributed by atoms with Crippen molar-refractivity contribution in [3.05, 3.63) is 16.6 Å². The molecule has 1 saturated heterocycles. The summed E-state index contributed by atoms with van der Waals surface area (Å²) in [5, 5.41) is 5.62. The fourth-order valence-corrected chi connectivity index (χ4v) is 3.47. The third-order valence-electron chi connectivity index (χ3n) is 3.61. The Hall–Kier alpha value is -1.83. The van der Waals surface area contributed by atoms with Crippen molar-refractivity contribution in [3.63, 3.8) is 0 Å². The molecule has 1 N–H and O–H groups in total. The molecule has 2 atom stereocenters. The van der Waals surface area contributed by atoms with Gasteiger partial charge in [0.05, 0.1) is 18.2 Å². The predicted molar refractivity (Wildman–Crippen MR) is 95.6 cm³/mol. The average molecular weight is 369 g/mol. The summed E-state index contributed by atoms with van der Waals surface area (Å²) in [5.74, 6) is 0. The molecule has 0 spiro atoms. The van der Waals surface area contributed by atoms with Crippen LogP contribution in [0.25, 0.3) is 0 Å². The van der Waals surface area contributed by atoms with E-state index in [1.807, 2.05) is 26.2 Å². The summed E-state index contributed by atoms with van der Waals surface area (Å²) < 4.78 is 10.7. The van der Waals surface area contributed by atoms with Crippen LogP contribution in [0.5, 0.6) is 0 Å². The Morgan fingerprint density at radius 3 is 2.64 bits per heavy atom. The summed E-state index contributed by atoms with van der Waals surface area (Å²) in [7, 11) is 0. The molecule has 7 nitrogen and oxygen atoms in total. The molecule has 1 fully saturated rings. The van der Waals surface area contributed by atoms with Gasteiger partial charge in [0.15, 0.2) is 0 Å². The molecule has 0 saturated carbocycles. The highest BCUT2D eigenvalue weighted by atomic mass is 32.1. The first kappa shape index (κ1) is 19.5. The van der Waals surface area contributed by atoms with Gasteiger partial charge in [0, 0.05) is 18.1 Å². The Kier molecular flexibility index (Phi) is 6.26. The second-order valence-electron chi connectivity index (χ2n) is 7.39. The number of alkyl carbamates (subject to hydrolysis) is 1. The maximum Gasteiger partial charge on any atom is 0.410 e. The predicted octanol–water partition coefficient (Wildman–Crippen LogP) is 3.72. The number of hydrogen-bond acceptors (Lipinski definition) is 6. The van der Waals surface area contributed by atoms with Crippen LogP contribution in [0.2, 0.25) is 0 Å². The van der Waals surface area contributed by atoms with E-state index < -0.39 is 17.8 Å². The molecule has 1 aromatic rings. The van der Waals surface area contributed by atoms with E-state index in [1.165, 1.54) is 11.3 Å². The van der Waals surface area contributed by atoms with E-state index in [1.54, 1.807) is 24.9 Å². The summed E-state index contributed by atoms with van der Waals surface area (Å²) in [6, 6.07) is -0.302. The van der Waals surface area contributed by atoms with E-state index in [0.717, 1.165) is 11.4 Å². The third-order valence-corrected chi connectivity index (χ3v) is 4.49. The monoisotopic (exact) mass is 369 g/mol. The number of carbonyl (C=O) groups excluding carboxylic acids is 2. The molecule has 0 radical (unpaired) electrons. The van der Waals surface area contributed by atoms with Crippen molar-refractivity contribution in [2.45, 2.75) is 71.2 Å². The van der Waals surface area contributed by atoms with Gasteiger partial charge in [-0.1, -0.05) is 0 Å². The Morgan fingerprint density at radius 1 is 1.36 bits per heavy atom. The molecule has 1 aliphatic rings. The molecule has 0 unspecified atom stereocenters. The molecule has 8 heteroatoms. The average Bonchev–Trinajstić information content (AvgIpc) is 2.98. The molecule has 0 aliphatic carbocycles. The van der Waals surface area contributed by atoms with Crippen molar-refractivity contribution in [1.29, 1.82) is 0 Å². The van der Waals surface area contributed by atoms with Crippen molar-refractivity contribution in [1.82, 2.24) is 15.2 Å². The number of amides is 2. The zero-order valence-electron chi connectivity index (χ0n) is 15.4. The highest BCUT2D eigenvalue weighted by Crippen LogP contribution is 2.33. The number of carbonyl (C=O) groups is 2. The van der Waals surface area contributed by atoms with E-state index in [0.29, 0.717) is 13.0 Å². The standard InChI is InChI=1S/C17H27N3O4S/c1-11(2)23-15(21)19-12-6-7-13(14-18-8-9-25-14)20(10-12)16(22)24-17(3,4)5/h8-9,11-13H,6-7,10H2,1-5H3,(H,19,21)/t12-,13+/m1/s1. The second-order valence-corrected chi connectivity index (χ2v) is 8.32. The minimum absolute atomic E-state index is 0.131. The van der Waals surface area contributed by atoms with Gasteiger partial charge >= 0.3 is 12.2 Å². The van der Waals surface area contributed by atoms with Crippen LogP contribution in [0.4, 0.5) is 9.59 Å². The van der Waals surface area contributed by atoms with Crippen molar-refractivity contribution >= 4 is 23.5 Å². The number of aromatic nitrogens is 1. The number of thiazole rings is 1. The van der Waals surface area contributed by atoms with Crippen LogP contribution < -0.4 is 5.32 Å². The molecule has 1 aromatic heterocycles. The first-order valence-corrected chi connectivity index (χ1v) is 9.40. The quantitative estimate of drug-likeness (QED) is 0.878. The van der Waals surface area contributed by atoms with Crippen molar-refractivity contribution < 1.29 is 19.1 Å². The van der Waals surface area contributed by atoms with Crippen LogP contribution in [0.1, 0.15) is 58.5 Å². The van der Waals surface area contributed by atoms with Gasteiger partial charge in [-0.15, -0.1) is 11.3 Å². The summed E-state index contributed by atoms with van der Waals surface area (Å²) in [4.78, 5) is 30.5. The topological polar surface area (TPSA) is 80.8 Å². The SMILES string of the molecule is CC(C)OC(=O)N[C@@H]1CC[C@@H](c2nccs2)N(C(=O)OC(C)(C)C)C1. The smallest absolute Gasteiger partial charge is 0.410 e. The molecule has 25 heavy (non-hydrogen) atoms. The minimum atomic E-state index is -0.582. The Bertz CT molecular complexity index is 583. The van der Waals surface area contributed by atoms with Gasteiger partial charge in [-0.3, -0.25) is 4.90 Å². The number of nitrogens with one attached hydrogen (secondary N) is 1. The maximum atomic E-state index is 12.7. The lowest BCUT2D eigenvalue weighted by Crippen LogP contribution is -2.52. The fraction of sp³-hybridized carbons (Fsp3) is 0.706. The van der Waals surface area contributed by atoms with E-state index in [-0.39, 0.29) is 18.2 Å². The van der Waals surface area contributed by atoms with Crippen molar-refractivity contribution in [3.8, 4) is 0 Å². The van der Waals surface area contributed by atoms with Gasteiger partial charge in [-0.25, -0.2) is 14.6 Å². The first-order chi connectivity index (χ1) is 11.7. The number of nitrogens with zero attached hydrogens (tertiary/aromatic N) is 2. The van der Waals surface area contributed by atoms with Crippen LogP contribution in [0.3, 0.4) is 0 Å². The molecule has 0 aromatic carbocycles. The summed E-state index contributed by atoms with van der Waals surface area (Å²) in [6.45, 7) is 9.47. The lowest BCUT2D eigenvalue weighted by atomic mass is 9.99. The Balaban J connectivity index is 2.09. The molecule has 2 rings (SSSR count). The number of likely N-dealkylation sites (tertiary alicyclic amines) is 1. The normalized spacial score (nSPS) is 21.1. The number of hydrogen-bond donors (Lipinski definition) is 1. The van der Waals surface area contributed by atoms with Gasteiger partial charge in [0.2, 0.25) is 0 Å². The lowest BCUT2D eigenvalue weighted by Gasteiger charge is -2.39. The molecule has 140 valence electrons. The van der Waals surface area contributed by atoms with E-state index in [2.05, 4.69) is 10.3 Å². The minimum Gasteiger partial charge on any atom is -0.447 e. The van der Waals surface area contributed by atoms with Crippen molar-refractivity contribution in [2.75, 3.05) is 6.54 Å². The maximum absolute atomic E-state index is 12.7. The van der Waals surface area contributed by atoms with Crippen LogP contribution >= 0.6 is 11.3 Å². The van der Waals surface area contributed by atoms with E-state index >= 15 is 0 Å². The third kappa shape index (κ3) is 5.88. The van der Waals surface area contributed by atoms with E-state index in [9.17, 15) is 9.59 Å². The van der Waals surface area contributed by atoms with Gasteiger partial charge in [0.1, 0.15) is 10.6 Å². The van der Waals surface area contributed by atoms with Crippen LogP contribution in [-0.4, -0.2) is 46.4 Å². The van der Waals surface area contributed by atoms with Gasteiger partial charge in [-0.2, -0.15) is 0 Å². The molecule has 2 heterocycles. The molecule has 2 amide bonds.